The number of hydrogen-bond donors (Lipinski definition) is 0. The van der Waals surface area contributed by atoms with E-state index in [1.165, 1.54) is 19.3 Å². The van der Waals surface area contributed by atoms with Crippen molar-refractivity contribution < 1.29 is 9.53 Å². The van der Waals surface area contributed by atoms with E-state index in [9.17, 15) is 4.79 Å². The molecule has 0 aromatic rings. The number of hydrogen-bond acceptors (Lipinski definition) is 4. The van der Waals surface area contributed by atoms with Gasteiger partial charge in [0.2, 0.25) is 0 Å². The summed E-state index contributed by atoms with van der Waals surface area (Å²) in [5.41, 5.74) is 0. The van der Waals surface area contributed by atoms with Gasteiger partial charge in [-0.2, -0.15) is 0 Å². The quantitative estimate of drug-likeness (QED) is 0.785. The van der Waals surface area contributed by atoms with Crippen LogP contribution in [-0.2, 0) is 9.53 Å². The lowest BCUT2D eigenvalue weighted by atomic mass is 9.88. The van der Waals surface area contributed by atoms with Gasteiger partial charge in [0.05, 0.1) is 12.7 Å². The van der Waals surface area contributed by atoms with E-state index in [1.807, 2.05) is 0 Å². The van der Waals surface area contributed by atoms with Gasteiger partial charge >= 0.3 is 0 Å². The monoisotopic (exact) mass is 280 g/mol. The number of nitrogens with zero attached hydrogens (tertiary/aromatic N) is 2. The van der Waals surface area contributed by atoms with Crippen LogP contribution >= 0.6 is 0 Å². The first-order valence-electron chi connectivity index (χ1n) is 8.31. The minimum absolute atomic E-state index is 0.316. The van der Waals surface area contributed by atoms with Crippen molar-refractivity contribution in [1.29, 1.82) is 0 Å². The fourth-order valence-electron chi connectivity index (χ4n) is 4.19. The maximum atomic E-state index is 12.1. The van der Waals surface area contributed by atoms with Crippen molar-refractivity contribution in [2.75, 3.05) is 39.8 Å². The number of carbonyl (C=O) groups excluding carboxylic acids is 1. The van der Waals surface area contributed by atoms with Crippen molar-refractivity contribution in [3.05, 3.63) is 0 Å². The minimum Gasteiger partial charge on any atom is -0.374 e. The standard InChI is InChI=1S/C16H28N2O2/c1-17-9-10-20-13(11-17)12-18-8-3-2-6-15(18)14-5-4-7-16(14)19/h13-15H,2-12H2,1H3. The molecule has 0 radical (unpaired) electrons. The van der Waals surface area contributed by atoms with E-state index in [0.29, 0.717) is 23.8 Å². The van der Waals surface area contributed by atoms with Crippen LogP contribution in [0.15, 0.2) is 0 Å². The molecule has 2 saturated heterocycles. The summed E-state index contributed by atoms with van der Waals surface area (Å²) < 4.78 is 5.92. The zero-order valence-electron chi connectivity index (χ0n) is 12.7. The fraction of sp³-hybridized carbons (Fsp3) is 0.938. The second-order valence-electron chi connectivity index (χ2n) is 6.78. The number of ether oxygens (including phenoxy) is 1. The SMILES string of the molecule is CN1CCOC(CN2CCCCC2C2CCCC2=O)C1. The maximum absolute atomic E-state index is 12.1. The molecule has 3 atom stereocenters. The van der Waals surface area contributed by atoms with Crippen LogP contribution in [0.1, 0.15) is 38.5 Å². The van der Waals surface area contributed by atoms with E-state index < -0.39 is 0 Å². The zero-order chi connectivity index (χ0) is 13.9. The molecule has 0 amide bonds. The molecule has 114 valence electrons. The number of likely N-dealkylation sites (N-methyl/N-ethyl adjacent to an activating group) is 1. The molecule has 2 heterocycles. The fourth-order valence-corrected chi connectivity index (χ4v) is 4.19. The normalized spacial score (nSPS) is 37.5. The maximum Gasteiger partial charge on any atom is 0.137 e. The first-order valence-corrected chi connectivity index (χ1v) is 8.31. The van der Waals surface area contributed by atoms with E-state index in [4.69, 9.17) is 4.74 Å². The summed E-state index contributed by atoms with van der Waals surface area (Å²) in [5.74, 6) is 0.834. The van der Waals surface area contributed by atoms with Gasteiger partial charge in [0.25, 0.3) is 0 Å². The lowest BCUT2D eigenvalue weighted by Gasteiger charge is -2.42. The molecule has 3 rings (SSSR count). The smallest absolute Gasteiger partial charge is 0.137 e. The lowest BCUT2D eigenvalue weighted by molar-refractivity contribution is -0.123. The molecule has 1 saturated carbocycles. The Bertz CT molecular complexity index is 347. The second-order valence-corrected chi connectivity index (χ2v) is 6.78. The molecule has 2 aliphatic heterocycles. The number of likely N-dealkylation sites (tertiary alicyclic amines) is 1. The molecular weight excluding hydrogens is 252 g/mol. The van der Waals surface area contributed by atoms with Gasteiger partial charge in [0, 0.05) is 38.0 Å². The number of ketones is 1. The summed E-state index contributed by atoms with van der Waals surface area (Å²) in [6.07, 6.45) is 7.14. The Labute approximate surface area is 122 Å². The number of piperidine rings is 1. The summed E-state index contributed by atoms with van der Waals surface area (Å²) in [5, 5.41) is 0. The van der Waals surface area contributed by atoms with Gasteiger partial charge in [-0.05, 0) is 39.3 Å². The van der Waals surface area contributed by atoms with Crippen molar-refractivity contribution in [3.63, 3.8) is 0 Å². The Morgan fingerprint density at radius 2 is 2.10 bits per heavy atom. The summed E-state index contributed by atoms with van der Waals surface area (Å²) >= 11 is 0. The predicted molar refractivity (Wildman–Crippen MR) is 78.8 cm³/mol. The average molecular weight is 280 g/mol. The molecular formula is C16H28N2O2. The molecule has 4 nitrogen and oxygen atoms in total. The van der Waals surface area contributed by atoms with Gasteiger partial charge in [-0.3, -0.25) is 9.69 Å². The molecule has 3 fully saturated rings. The van der Waals surface area contributed by atoms with Crippen LogP contribution in [0.3, 0.4) is 0 Å². The Kier molecular flexibility index (Phi) is 4.74. The number of rotatable bonds is 3. The molecule has 0 spiro atoms. The molecule has 20 heavy (non-hydrogen) atoms. The zero-order valence-corrected chi connectivity index (χ0v) is 12.7. The van der Waals surface area contributed by atoms with Gasteiger partial charge in [0.1, 0.15) is 5.78 Å². The topological polar surface area (TPSA) is 32.8 Å². The van der Waals surface area contributed by atoms with Crippen LogP contribution in [0.5, 0.6) is 0 Å². The summed E-state index contributed by atoms with van der Waals surface area (Å²) in [4.78, 5) is 17.0. The van der Waals surface area contributed by atoms with Crippen LogP contribution in [0.2, 0.25) is 0 Å². The average Bonchev–Trinajstić information content (AvgIpc) is 2.86. The van der Waals surface area contributed by atoms with Crippen molar-refractivity contribution in [1.82, 2.24) is 9.80 Å². The third kappa shape index (κ3) is 3.23. The van der Waals surface area contributed by atoms with E-state index in [1.54, 1.807) is 0 Å². The van der Waals surface area contributed by atoms with E-state index >= 15 is 0 Å². The third-order valence-electron chi connectivity index (χ3n) is 5.26. The minimum atomic E-state index is 0.316. The highest BCUT2D eigenvalue weighted by Crippen LogP contribution is 2.32. The van der Waals surface area contributed by atoms with Gasteiger partial charge in [-0.15, -0.1) is 0 Å². The third-order valence-corrected chi connectivity index (χ3v) is 5.26. The highest BCUT2D eigenvalue weighted by atomic mass is 16.5. The van der Waals surface area contributed by atoms with Crippen molar-refractivity contribution in [3.8, 4) is 0 Å². The Morgan fingerprint density at radius 3 is 2.85 bits per heavy atom. The summed E-state index contributed by atoms with van der Waals surface area (Å²) in [7, 11) is 2.17. The van der Waals surface area contributed by atoms with Crippen LogP contribution in [0, 0.1) is 5.92 Å². The Hall–Kier alpha value is -0.450. The largest absolute Gasteiger partial charge is 0.374 e. The molecule has 0 aromatic heterocycles. The van der Waals surface area contributed by atoms with E-state index in [2.05, 4.69) is 16.8 Å². The molecule has 3 aliphatic rings. The van der Waals surface area contributed by atoms with Crippen LogP contribution < -0.4 is 0 Å². The van der Waals surface area contributed by atoms with Crippen molar-refractivity contribution in [2.45, 2.75) is 50.7 Å². The van der Waals surface area contributed by atoms with Gasteiger partial charge in [-0.25, -0.2) is 0 Å². The van der Waals surface area contributed by atoms with E-state index in [-0.39, 0.29) is 0 Å². The first-order chi connectivity index (χ1) is 9.74. The van der Waals surface area contributed by atoms with Crippen molar-refractivity contribution in [2.24, 2.45) is 5.92 Å². The van der Waals surface area contributed by atoms with Gasteiger partial charge in [0.15, 0.2) is 0 Å². The number of Topliss-reactive ketones (excluding diaryl/α,β-unsaturated/α-hetero) is 1. The molecule has 0 N–H and O–H groups in total. The van der Waals surface area contributed by atoms with E-state index in [0.717, 1.165) is 52.0 Å². The van der Waals surface area contributed by atoms with Crippen LogP contribution in [-0.4, -0.2) is 67.6 Å². The molecule has 0 bridgehead atoms. The number of carbonyl (C=O) groups is 1. The summed E-state index contributed by atoms with van der Waals surface area (Å²) in [6.45, 7) is 5.09. The second kappa shape index (κ2) is 6.54. The van der Waals surface area contributed by atoms with Gasteiger partial charge < -0.3 is 9.64 Å². The number of morpholine rings is 1. The molecule has 0 aromatic carbocycles. The van der Waals surface area contributed by atoms with Gasteiger partial charge in [-0.1, -0.05) is 6.42 Å². The Morgan fingerprint density at radius 1 is 1.20 bits per heavy atom. The van der Waals surface area contributed by atoms with Crippen molar-refractivity contribution >= 4 is 5.78 Å². The highest BCUT2D eigenvalue weighted by molar-refractivity contribution is 5.83. The Balaban J connectivity index is 1.61. The first kappa shape index (κ1) is 14.5. The molecule has 4 heteroatoms. The highest BCUT2D eigenvalue weighted by Gasteiger charge is 2.37. The lowest BCUT2D eigenvalue weighted by Crippen LogP contribution is -2.52. The molecule has 1 aliphatic carbocycles. The van der Waals surface area contributed by atoms with Crippen LogP contribution in [0.4, 0.5) is 0 Å². The predicted octanol–water partition coefficient (Wildman–Crippen LogP) is 1.54. The molecule has 3 unspecified atom stereocenters. The van der Waals surface area contributed by atoms with Crippen LogP contribution in [0.25, 0.3) is 0 Å². The summed E-state index contributed by atoms with van der Waals surface area (Å²) in [6, 6.07) is 0.495.